The van der Waals surface area contributed by atoms with Gasteiger partial charge >= 0.3 is 5.97 Å². The largest absolute Gasteiger partial charge is 0.466 e. The van der Waals surface area contributed by atoms with E-state index in [1.165, 1.54) is 24.9 Å². The van der Waals surface area contributed by atoms with Crippen molar-refractivity contribution in [2.75, 3.05) is 13.4 Å². The van der Waals surface area contributed by atoms with Gasteiger partial charge in [0.1, 0.15) is 0 Å². The topological polar surface area (TPSA) is 26.3 Å². The molecule has 0 saturated heterocycles. The predicted octanol–water partition coefficient (Wildman–Crippen LogP) is 1.99. The van der Waals surface area contributed by atoms with Crippen molar-refractivity contribution in [3.8, 4) is 23.7 Å². The van der Waals surface area contributed by atoms with E-state index in [4.69, 9.17) is 0 Å². The van der Waals surface area contributed by atoms with Crippen molar-refractivity contribution >= 4 is 17.7 Å². The Labute approximate surface area is 94.8 Å². The molecular formula is C12H12O2S. The van der Waals surface area contributed by atoms with E-state index >= 15 is 0 Å². The maximum Gasteiger partial charge on any atom is 0.330 e. The molecule has 0 rings (SSSR count). The van der Waals surface area contributed by atoms with Crippen molar-refractivity contribution in [3.63, 3.8) is 0 Å². The van der Waals surface area contributed by atoms with Gasteiger partial charge in [-0.15, -0.1) is 11.8 Å². The normalized spacial score (nSPS) is 9.93. The monoisotopic (exact) mass is 220 g/mol. The lowest BCUT2D eigenvalue weighted by atomic mass is 10.4. The molecule has 2 nitrogen and oxygen atoms in total. The minimum atomic E-state index is -0.381. The van der Waals surface area contributed by atoms with Crippen LogP contribution in [0.25, 0.3) is 0 Å². The fourth-order valence-electron chi connectivity index (χ4n) is 0.598. The van der Waals surface area contributed by atoms with E-state index < -0.39 is 0 Å². The number of esters is 1. The van der Waals surface area contributed by atoms with Crippen LogP contribution in [-0.2, 0) is 9.53 Å². The number of allylic oxidation sites excluding steroid dienone is 3. The van der Waals surface area contributed by atoms with E-state index in [9.17, 15) is 4.79 Å². The Balaban J connectivity index is 4.47. The van der Waals surface area contributed by atoms with Crippen molar-refractivity contribution in [1.29, 1.82) is 0 Å². The Morgan fingerprint density at radius 3 is 2.67 bits per heavy atom. The van der Waals surface area contributed by atoms with Crippen molar-refractivity contribution in [2.24, 2.45) is 0 Å². The Morgan fingerprint density at radius 2 is 2.13 bits per heavy atom. The Kier molecular flexibility index (Phi) is 8.05. The van der Waals surface area contributed by atoms with E-state index in [1.54, 1.807) is 19.1 Å². The molecule has 0 radical (unpaired) electrons. The molecule has 0 saturated carbocycles. The molecule has 0 amide bonds. The smallest absolute Gasteiger partial charge is 0.330 e. The summed E-state index contributed by atoms with van der Waals surface area (Å²) in [4.78, 5) is 11.6. The summed E-state index contributed by atoms with van der Waals surface area (Å²) in [6.07, 6.45) is 6.59. The lowest BCUT2D eigenvalue weighted by molar-refractivity contribution is -0.134. The van der Waals surface area contributed by atoms with Gasteiger partial charge < -0.3 is 4.74 Å². The number of hydrogen-bond donors (Lipinski definition) is 0. The highest BCUT2D eigenvalue weighted by Gasteiger charge is 1.89. The molecule has 0 aliphatic carbocycles. The van der Waals surface area contributed by atoms with Crippen LogP contribution in [0.1, 0.15) is 6.92 Å². The van der Waals surface area contributed by atoms with Gasteiger partial charge in [-0.05, 0) is 37.0 Å². The van der Waals surface area contributed by atoms with Crippen molar-refractivity contribution in [3.05, 3.63) is 23.1 Å². The lowest BCUT2D eigenvalue weighted by Crippen LogP contribution is -1.92. The van der Waals surface area contributed by atoms with Crippen LogP contribution in [0, 0.1) is 23.7 Å². The van der Waals surface area contributed by atoms with Crippen LogP contribution in [0.5, 0.6) is 0 Å². The first-order valence-corrected chi connectivity index (χ1v) is 5.40. The molecule has 0 N–H and O–H groups in total. The second-order valence-electron chi connectivity index (χ2n) is 2.24. The second kappa shape index (κ2) is 8.99. The van der Waals surface area contributed by atoms with Crippen LogP contribution in [-0.4, -0.2) is 19.3 Å². The third-order valence-electron chi connectivity index (χ3n) is 1.27. The molecule has 78 valence electrons. The third kappa shape index (κ3) is 7.49. The first kappa shape index (κ1) is 13.4. The maximum atomic E-state index is 10.7. The summed E-state index contributed by atoms with van der Waals surface area (Å²) in [7, 11) is 1.34. The highest BCUT2D eigenvalue weighted by atomic mass is 32.2. The second-order valence-corrected chi connectivity index (χ2v) is 3.09. The van der Waals surface area contributed by atoms with Crippen molar-refractivity contribution in [2.45, 2.75) is 6.92 Å². The average Bonchev–Trinajstić information content (AvgIpc) is 2.26. The molecule has 0 aromatic heterocycles. The first-order valence-electron chi connectivity index (χ1n) is 4.17. The Bertz CT molecular complexity index is 383. The van der Waals surface area contributed by atoms with Gasteiger partial charge in [-0.3, -0.25) is 0 Å². The zero-order valence-electron chi connectivity index (χ0n) is 8.96. The minimum absolute atomic E-state index is 0.381. The van der Waals surface area contributed by atoms with Gasteiger partial charge in [-0.1, -0.05) is 12.0 Å². The number of hydrogen-bond acceptors (Lipinski definition) is 3. The molecule has 0 bridgehead atoms. The van der Waals surface area contributed by atoms with Crippen LogP contribution in [0.15, 0.2) is 23.1 Å². The summed E-state index contributed by atoms with van der Waals surface area (Å²) in [5, 5.41) is 0. The lowest BCUT2D eigenvalue weighted by Gasteiger charge is -1.89. The van der Waals surface area contributed by atoms with E-state index in [2.05, 4.69) is 28.4 Å². The number of carbonyl (C=O) groups excluding carboxylic acids is 1. The van der Waals surface area contributed by atoms with Crippen LogP contribution in [0.2, 0.25) is 0 Å². The number of rotatable bonds is 3. The molecule has 3 heteroatoms. The molecule has 0 heterocycles. The van der Waals surface area contributed by atoms with Crippen LogP contribution >= 0.6 is 11.8 Å². The maximum absolute atomic E-state index is 10.7. The van der Waals surface area contributed by atoms with Gasteiger partial charge in [0.15, 0.2) is 0 Å². The van der Waals surface area contributed by atoms with Gasteiger partial charge in [0.2, 0.25) is 0 Å². The van der Waals surface area contributed by atoms with Crippen molar-refractivity contribution < 1.29 is 9.53 Å². The Hall–Kier alpha value is -1.58. The van der Waals surface area contributed by atoms with E-state index in [1.807, 2.05) is 6.26 Å². The molecule has 0 atom stereocenters. The third-order valence-corrected chi connectivity index (χ3v) is 1.95. The summed E-state index contributed by atoms with van der Waals surface area (Å²) >= 11 is 1.50. The Morgan fingerprint density at radius 1 is 1.40 bits per heavy atom. The fraction of sp³-hybridized carbons (Fsp3) is 0.250. The van der Waals surface area contributed by atoms with Crippen LogP contribution in [0.3, 0.4) is 0 Å². The molecule has 0 unspecified atom stereocenters. The molecule has 0 spiro atoms. The highest BCUT2D eigenvalue weighted by Crippen LogP contribution is 2.09. The molecule has 0 aromatic rings. The summed E-state index contributed by atoms with van der Waals surface area (Å²) in [5.74, 6) is 10.5. The SMILES string of the molecule is CC#CC#C/C(=C/C=C/C(=O)OC)SC. The fourth-order valence-corrected chi connectivity index (χ4v) is 0.966. The standard InChI is InChI=1S/C12H12O2S/c1-4-5-6-8-11(15-3)9-7-10-12(13)14-2/h7,9-10H,1-3H3/b10-7+,11-9-. The highest BCUT2D eigenvalue weighted by molar-refractivity contribution is 8.02. The zero-order chi connectivity index (χ0) is 11.5. The molecule has 0 aromatic carbocycles. The predicted molar refractivity (Wildman–Crippen MR) is 64.0 cm³/mol. The van der Waals surface area contributed by atoms with Gasteiger partial charge in [0.05, 0.1) is 12.0 Å². The number of carbonyl (C=O) groups is 1. The molecule has 15 heavy (non-hydrogen) atoms. The summed E-state index contributed by atoms with van der Waals surface area (Å²) in [5.41, 5.74) is 0. The van der Waals surface area contributed by atoms with Crippen molar-refractivity contribution in [1.82, 2.24) is 0 Å². The quantitative estimate of drug-likeness (QED) is 0.315. The molecule has 0 fully saturated rings. The first-order chi connectivity index (χ1) is 7.24. The number of methoxy groups -OCH3 is 1. The zero-order valence-corrected chi connectivity index (χ0v) is 9.77. The summed E-state index contributed by atoms with van der Waals surface area (Å²) in [6, 6.07) is 0. The molecule has 0 aliphatic rings. The van der Waals surface area contributed by atoms with E-state index in [0.717, 1.165) is 4.91 Å². The summed E-state index contributed by atoms with van der Waals surface area (Å²) < 4.78 is 4.44. The number of thioether (sulfide) groups is 1. The molecule has 0 aliphatic heterocycles. The van der Waals surface area contributed by atoms with Gasteiger partial charge in [0.25, 0.3) is 0 Å². The van der Waals surface area contributed by atoms with Crippen LogP contribution in [0.4, 0.5) is 0 Å². The van der Waals surface area contributed by atoms with Crippen LogP contribution < -0.4 is 0 Å². The van der Waals surface area contributed by atoms with E-state index in [-0.39, 0.29) is 5.97 Å². The van der Waals surface area contributed by atoms with Gasteiger partial charge in [0, 0.05) is 6.08 Å². The average molecular weight is 220 g/mol. The number of ether oxygens (including phenoxy) is 1. The van der Waals surface area contributed by atoms with Gasteiger partial charge in [-0.2, -0.15) is 0 Å². The summed E-state index contributed by atoms with van der Waals surface area (Å²) in [6.45, 7) is 1.73. The van der Waals surface area contributed by atoms with E-state index in [0.29, 0.717) is 0 Å². The van der Waals surface area contributed by atoms with Gasteiger partial charge in [-0.25, -0.2) is 4.79 Å². The molecular weight excluding hydrogens is 208 g/mol. The minimum Gasteiger partial charge on any atom is -0.466 e.